The Balaban J connectivity index is 2.03. The fraction of sp³-hybridized carbons (Fsp3) is 0.462. The SMILES string of the molecule is C[C@]12CCC[C@H]1OC(=O)N2c1ccccc1. The van der Waals surface area contributed by atoms with Crippen molar-refractivity contribution in [2.45, 2.75) is 37.8 Å². The molecule has 3 heteroatoms. The first-order valence-electron chi connectivity index (χ1n) is 5.78. The largest absolute Gasteiger partial charge is 0.443 e. The number of fused-ring (bicyclic) bond motifs is 1. The molecule has 0 unspecified atom stereocenters. The molecule has 0 bridgehead atoms. The van der Waals surface area contributed by atoms with E-state index in [2.05, 4.69) is 6.92 Å². The van der Waals surface area contributed by atoms with E-state index in [4.69, 9.17) is 4.74 Å². The summed E-state index contributed by atoms with van der Waals surface area (Å²) in [6, 6.07) is 9.79. The zero-order valence-electron chi connectivity index (χ0n) is 9.35. The summed E-state index contributed by atoms with van der Waals surface area (Å²) in [5, 5.41) is 0. The quantitative estimate of drug-likeness (QED) is 0.723. The van der Waals surface area contributed by atoms with E-state index in [1.54, 1.807) is 0 Å². The van der Waals surface area contributed by atoms with E-state index in [-0.39, 0.29) is 17.7 Å². The third kappa shape index (κ3) is 1.17. The van der Waals surface area contributed by atoms with Crippen LogP contribution in [-0.2, 0) is 4.74 Å². The first-order chi connectivity index (χ1) is 7.72. The maximum atomic E-state index is 11.9. The molecule has 0 aromatic heterocycles. The second-order valence-corrected chi connectivity index (χ2v) is 4.79. The Labute approximate surface area is 95.0 Å². The molecular weight excluding hydrogens is 202 g/mol. The van der Waals surface area contributed by atoms with E-state index < -0.39 is 0 Å². The molecule has 16 heavy (non-hydrogen) atoms. The number of para-hydroxylation sites is 1. The Kier molecular flexibility index (Phi) is 1.96. The lowest BCUT2D eigenvalue weighted by Gasteiger charge is -2.31. The summed E-state index contributed by atoms with van der Waals surface area (Å²) < 4.78 is 5.44. The zero-order valence-corrected chi connectivity index (χ0v) is 9.35. The average Bonchev–Trinajstić information content (AvgIpc) is 2.72. The van der Waals surface area contributed by atoms with E-state index in [0.717, 1.165) is 24.9 Å². The summed E-state index contributed by atoms with van der Waals surface area (Å²) in [5.41, 5.74) is 0.803. The number of carbonyl (C=O) groups excluding carboxylic acids is 1. The molecule has 3 rings (SSSR count). The highest BCUT2D eigenvalue weighted by Crippen LogP contribution is 2.44. The number of rotatable bonds is 1. The molecule has 1 aromatic rings. The van der Waals surface area contributed by atoms with Crippen molar-refractivity contribution >= 4 is 11.8 Å². The fourth-order valence-corrected chi connectivity index (χ4v) is 2.92. The van der Waals surface area contributed by atoms with Crippen LogP contribution in [0.2, 0.25) is 0 Å². The molecule has 0 N–H and O–H groups in total. The second-order valence-electron chi connectivity index (χ2n) is 4.79. The van der Waals surface area contributed by atoms with Crippen LogP contribution < -0.4 is 4.90 Å². The minimum atomic E-state index is -0.196. The first kappa shape index (κ1) is 9.70. The van der Waals surface area contributed by atoms with Gasteiger partial charge in [-0.15, -0.1) is 0 Å². The standard InChI is InChI=1S/C13H15NO2/c1-13-9-5-8-11(13)16-12(15)14(13)10-6-3-2-4-7-10/h2-4,6-7,11H,5,8-9H2,1H3/t11-,13+/m1/s1. The van der Waals surface area contributed by atoms with Gasteiger partial charge in [0.15, 0.2) is 0 Å². The van der Waals surface area contributed by atoms with Crippen LogP contribution in [0.3, 0.4) is 0 Å². The Morgan fingerprint density at radius 3 is 2.88 bits per heavy atom. The highest BCUT2D eigenvalue weighted by Gasteiger charge is 2.54. The van der Waals surface area contributed by atoms with E-state index in [1.165, 1.54) is 0 Å². The summed E-state index contributed by atoms with van der Waals surface area (Å²) in [6.07, 6.45) is 3.03. The van der Waals surface area contributed by atoms with Crippen LogP contribution in [0.25, 0.3) is 0 Å². The zero-order chi connectivity index (χ0) is 11.2. The van der Waals surface area contributed by atoms with Crippen molar-refractivity contribution in [2.24, 2.45) is 0 Å². The summed E-state index contributed by atoms with van der Waals surface area (Å²) in [4.78, 5) is 13.7. The number of anilines is 1. The second kappa shape index (κ2) is 3.24. The van der Waals surface area contributed by atoms with Crippen LogP contribution in [0.1, 0.15) is 26.2 Å². The third-order valence-corrected chi connectivity index (χ3v) is 3.79. The molecule has 1 amide bonds. The Hall–Kier alpha value is -1.51. The van der Waals surface area contributed by atoms with Crippen molar-refractivity contribution in [1.29, 1.82) is 0 Å². The van der Waals surface area contributed by atoms with Gasteiger partial charge in [-0.05, 0) is 38.3 Å². The van der Waals surface area contributed by atoms with E-state index in [1.807, 2.05) is 35.2 Å². The minimum Gasteiger partial charge on any atom is -0.443 e. The molecule has 1 aliphatic heterocycles. The van der Waals surface area contributed by atoms with Crippen molar-refractivity contribution < 1.29 is 9.53 Å². The summed E-state index contributed by atoms with van der Waals surface area (Å²) in [6.45, 7) is 2.13. The topological polar surface area (TPSA) is 29.5 Å². The summed E-state index contributed by atoms with van der Waals surface area (Å²) in [7, 11) is 0. The van der Waals surface area contributed by atoms with Crippen LogP contribution >= 0.6 is 0 Å². The molecule has 1 aromatic carbocycles. The van der Waals surface area contributed by atoms with Crippen molar-refractivity contribution in [3.63, 3.8) is 0 Å². The van der Waals surface area contributed by atoms with Gasteiger partial charge < -0.3 is 4.74 Å². The Morgan fingerprint density at radius 1 is 1.38 bits per heavy atom. The summed E-state index contributed by atoms with van der Waals surface area (Å²) >= 11 is 0. The van der Waals surface area contributed by atoms with Gasteiger partial charge in [-0.3, -0.25) is 4.90 Å². The number of amides is 1. The maximum absolute atomic E-state index is 11.9. The number of nitrogens with zero attached hydrogens (tertiary/aromatic N) is 1. The molecular formula is C13H15NO2. The van der Waals surface area contributed by atoms with Gasteiger partial charge in [0.1, 0.15) is 6.10 Å². The molecule has 2 fully saturated rings. The highest BCUT2D eigenvalue weighted by atomic mass is 16.6. The molecule has 1 heterocycles. The molecule has 1 aliphatic carbocycles. The van der Waals surface area contributed by atoms with Crippen LogP contribution in [0.4, 0.5) is 10.5 Å². The minimum absolute atomic E-state index is 0.0696. The Morgan fingerprint density at radius 2 is 2.12 bits per heavy atom. The lowest BCUT2D eigenvalue weighted by atomic mass is 9.96. The molecule has 3 nitrogen and oxygen atoms in total. The van der Waals surface area contributed by atoms with Crippen molar-refractivity contribution in [2.75, 3.05) is 4.90 Å². The molecule has 2 atom stereocenters. The normalized spacial score (nSPS) is 32.7. The summed E-state index contributed by atoms with van der Waals surface area (Å²) in [5.74, 6) is 0. The first-order valence-corrected chi connectivity index (χ1v) is 5.78. The van der Waals surface area contributed by atoms with E-state index >= 15 is 0 Å². The van der Waals surface area contributed by atoms with Gasteiger partial charge >= 0.3 is 6.09 Å². The van der Waals surface area contributed by atoms with E-state index in [9.17, 15) is 4.79 Å². The van der Waals surface area contributed by atoms with Gasteiger partial charge in [0.2, 0.25) is 0 Å². The smallest absolute Gasteiger partial charge is 0.415 e. The highest BCUT2D eigenvalue weighted by molar-refractivity contribution is 5.92. The van der Waals surface area contributed by atoms with Crippen LogP contribution in [0.5, 0.6) is 0 Å². The molecule has 1 saturated heterocycles. The molecule has 0 radical (unpaired) electrons. The number of carbonyl (C=O) groups is 1. The molecule has 2 aliphatic rings. The average molecular weight is 217 g/mol. The van der Waals surface area contributed by atoms with Gasteiger partial charge in [0.05, 0.1) is 5.54 Å². The van der Waals surface area contributed by atoms with Gasteiger partial charge in [-0.1, -0.05) is 18.2 Å². The van der Waals surface area contributed by atoms with Crippen LogP contribution in [0.15, 0.2) is 30.3 Å². The molecule has 0 spiro atoms. The van der Waals surface area contributed by atoms with Gasteiger partial charge in [0.25, 0.3) is 0 Å². The predicted molar refractivity (Wildman–Crippen MR) is 61.4 cm³/mol. The molecule has 1 saturated carbocycles. The predicted octanol–water partition coefficient (Wildman–Crippen LogP) is 2.95. The Bertz CT molecular complexity index is 417. The van der Waals surface area contributed by atoms with Crippen LogP contribution in [-0.4, -0.2) is 17.7 Å². The number of hydrogen-bond donors (Lipinski definition) is 0. The van der Waals surface area contributed by atoms with Gasteiger partial charge in [0, 0.05) is 5.69 Å². The van der Waals surface area contributed by atoms with Crippen molar-refractivity contribution in [1.82, 2.24) is 0 Å². The lowest BCUT2D eigenvalue weighted by Crippen LogP contribution is -2.45. The van der Waals surface area contributed by atoms with Crippen LogP contribution in [0, 0.1) is 0 Å². The number of hydrogen-bond acceptors (Lipinski definition) is 2. The van der Waals surface area contributed by atoms with Gasteiger partial charge in [-0.25, -0.2) is 4.79 Å². The fourth-order valence-electron chi connectivity index (χ4n) is 2.92. The van der Waals surface area contributed by atoms with Gasteiger partial charge in [-0.2, -0.15) is 0 Å². The van der Waals surface area contributed by atoms with Crippen molar-refractivity contribution in [3.8, 4) is 0 Å². The maximum Gasteiger partial charge on any atom is 0.415 e. The number of ether oxygens (including phenoxy) is 1. The lowest BCUT2D eigenvalue weighted by molar-refractivity contribution is 0.125. The van der Waals surface area contributed by atoms with Crippen molar-refractivity contribution in [3.05, 3.63) is 30.3 Å². The molecule has 84 valence electrons. The van der Waals surface area contributed by atoms with E-state index in [0.29, 0.717) is 0 Å². The third-order valence-electron chi connectivity index (χ3n) is 3.79. The monoisotopic (exact) mass is 217 g/mol. The number of benzene rings is 1.